The van der Waals surface area contributed by atoms with Crippen molar-refractivity contribution in [2.24, 2.45) is 15.8 Å². The molecule has 12 nitrogen and oxygen atoms in total. The topological polar surface area (TPSA) is 169 Å². The molecule has 0 bridgehead atoms. The number of aryl methyl sites for hydroxylation is 1. The molecule has 2 aliphatic heterocycles. The first-order valence-electron chi connectivity index (χ1n) is 20.8. The Morgan fingerprint density at radius 1 is 0.554 bits per heavy atom. The van der Waals surface area contributed by atoms with E-state index in [-0.39, 0.29) is 57.7 Å². The molecular weight excluding hydrogens is 925 g/mol. The summed E-state index contributed by atoms with van der Waals surface area (Å²) in [7, 11) is -6.16. The quantitative estimate of drug-likeness (QED) is 0.114. The minimum atomic E-state index is -4.03. The van der Waals surface area contributed by atoms with Crippen LogP contribution in [0.2, 0.25) is 0 Å². The van der Waals surface area contributed by atoms with Crippen LogP contribution in [-0.4, -0.2) is 49.9 Å². The van der Waals surface area contributed by atoms with E-state index < -0.39 is 20.0 Å². The Morgan fingerprint density at radius 3 is 1.35 bits per heavy atom. The van der Waals surface area contributed by atoms with Crippen LogP contribution in [0.4, 0.5) is 11.4 Å². The van der Waals surface area contributed by atoms with Crippen LogP contribution in [0.1, 0.15) is 59.8 Å². The third-order valence-corrected chi connectivity index (χ3v) is 14.2. The molecule has 0 saturated carbocycles. The normalized spacial score (nSPS) is 14.3. The van der Waals surface area contributed by atoms with Gasteiger partial charge in [-0.25, -0.2) is 0 Å². The minimum Gasteiger partial charge on any atom is -0.335 e. The Morgan fingerprint density at radius 2 is 0.954 bits per heavy atom. The maximum Gasteiger partial charge on any atom is 0.286 e. The Labute approximate surface area is 386 Å². The van der Waals surface area contributed by atoms with Crippen molar-refractivity contribution in [2.75, 3.05) is 10.6 Å². The summed E-state index contributed by atoms with van der Waals surface area (Å²) >= 11 is 3.26. The van der Waals surface area contributed by atoms with Crippen molar-refractivity contribution >= 4 is 70.6 Å². The van der Waals surface area contributed by atoms with Gasteiger partial charge in [0.05, 0.1) is 17.6 Å². The molecular formula is C50H43BrN6O6S2. The van der Waals surface area contributed by atoms with Gasteiger partial charge in [-0.1, -0.05) is 143 Å². The third kappa shape index (κ3) is 10.6. The number of aromatic nitrogens is 2. The van der Waals surface area contributed by atoms with Crippen LogP contribution in [0, 0.1) is 0 Å². The van der Waals surface area contributed by atoms with E-state index in [2.05, 4.69) is 40.5 Å². The third-order valence-electron chi connectivity index (χ3n) is 11.1. The predicted octanol–water partition coefficient (Wildman–Crippen LogP) is 9.92. The number of amidine groups is 2. The smallest absolute Gasteiger partial charge is 0.286 e. The number of halogens is 1. The predicted molar refractivity (Wildman–Crippen MR) is 257 cm³/mol. The molecule has 65 heavy (non-hydrogen) atoms. The molecule has 0 atom stereocenters. The first-order chi connectivity index (χ1) is 31.3. The largest absolute Gasteiger partial charge is 0.335 e. The summed E-state index contributed by atoms with van der Waals surface area (Å²) in [5.74, 6) is -0.913. The number of benzene rings is 6. The highest BCUT2D eigenvalue weighted by Crippen LogP contribution is 2.35. The van der Waals surface area contributed by atoms with Gasteiger partial charge < -0.3 is 10.6 Å². The molecule has 3 heterocycles. The zero-order valence-corrected chi connectivity index (χ0v) is 38.3. The van der Waals surface area contributed by atoms with E-state index in [4.69, 9.17) is 0 Å². The number of nitrogens with zero attached hydrogens (tertiary/aromatic N) is 4. The summed E-state index contributed by atoms with van der Waals surface area (Å²) in [6, 6.07) is 49.8. The monoisotopic (exact) mass is 966 g/mol. The van der Waals surface area contributed by atoms with Gasteiger partial charge >= 0.3 is 0 Å². The molecule has 0 spiro atoms. The summed E-state index contributed by atoms with van der Waals surface area (Å²) in [5, 5.41) is 9.96. The van der Waals surface area contributed by atoms with Crippen LogP contribution >= 0.6 is 15.9 Å². The molecule has 0 amide bonds. The molecule has 2 aliphatic rings. The maximum atomic E-state index is 13.1. The average molecular weight is 968 g/mol. The first-order valence-corrected chi connectivity index (χ1v) is 24.4. The number of rotatable bonds is 13. The average Bonchev–Trinajstić information content (AvgIpc) is 3.76. The van der Waals surface area contributed by atoms with Gasteiger partial charge in [-0.05, 0) is 71.0 Å². The highest BCUT2D eigenvalue weighted by molar-refractivity contribution is 9.10. The number of sulfonamides is 2. The summed E-state index contributed by atoms with van der Waals surface area (Å²) in [6.07, 6.45) is 4.86. The summed E-state index contributed by atoms with van der Waals surface area (Å²) in [5.41, 5.74) is 6.63. The molecule has 15 heteroatoms. The number of Topliss-reactive ketones (excluding diaryl/α,β-unsaturated/α-hetero) is 2. The molecule has 0 unspecified atom stereocenters. The molecule has 0 radical (unpaired) electrons. The van der Waals surface area contributed by atoms with Gasteiger partial charge in [-0.15, -0.1) is 8.80 Å². The molecule has 0 fully saturated rings. The van der Waals surface area contributed by atoms with Crippen LogP contribution in [0.25, 0.3) is 11.1 Å². The van der Waals surface area contributed by atoms with Crippen molar-refractivity contribution in [3.63, 3.8) is 0 Å². The Hall–Kier alpha value is -6.81. The zero-order valence-electron chi connectivity index (χ0n) is 35.1. The van der Waals surface area contributed by atoms with Gasteiger partial charge in [0.25, 0.3) is 20.0 Å². The number of hydrogen-bond donors (Lipinski definition) is 2. The van der Waals surface area contributed by atoms with Gasteiger partial charge in [0.15, 0.2) is 23.2 Å². The second-order valence-corrected chi connectivity index (χ2v) is 19.6. The lowest BCUT2D eigenvalue weighted by molar-refractivity contribution is -0.113. The van der Waals surface area contributed by atoms with E-state index in [9.17, 15) is 26.4 Å². The standard InChI is InChI=1S/C27H24N4O3S.C23H19BrN2O3S/c1-31-18-22(17-28-31)21-12-14-24-26(16-21)35(33,34)30-27(29-24)25(32)15-13-23(19-8-4-2-5-9-19)20-10-6-3-7-11-20;24-18-11-13-20-22(15-18)30(28,29)26-23(25-20)21(27)14-12-19(16-7-3-1-4-8-16)17-9-5-2-6-10-17/h2-12,14,16-18,23H,13,15H2,1H3,(H,29,30);1-11,13,15,19H,12,14H2,(H,25,26). The van der Waals surface area contributed by atoms with E-state index in [0.29, 0.717) is 34.3 Å². The summed E-state index contributed by atoms with van der Waals surface area (Å²) < 4.78 is 60.8. The van der Waals surface area contributed by atoms with Gasteiger partial charge in [-0.2, -0.15) is 21.9 Å². The second kappa shape index (κ2) is 19.5. The first kappa shape index (κ1) is 44.8. The van der Waals surface area contributed by atoms with Crippen LogP contribution < -0.4 is 10.6 Å². The summed E-state index contributed by atoms with van der Waals surface area (Å²) in [6.45, 7) is 0. The fraction of sp³-hybridized carbons (Fsp3) is 0.140. The molecule has 6 aromatic carbocycles. The Kier molecular flexibility index (Phi) is 13.4. The van der Waals surface area contributed by atoms with Crippen molar-refractivity contribution in [1.29, 1.82) is 0 Å². The Bertz CT molecular complexity index is 3070. The van der Waals surface area contributed by atoms with Gasteiger partial charge in [0.2, 0.25) is 0 Å². The van der Waals surface area contributed by atoms with Crippen LogP contribution in [-0.2, 0) is 36.7 Å². The van der Waals surface area contributed by atoms with Crippen molar-refractivity contribution < 1.29 is 26.4 Å². The van der Waals surface area contributed by atoms with Gasteiger partial charge in [-0.3, -0.25) is 14.3 Å². The van der Waals surface area contributed by atoms with Crippen molar-refractivity contribution in [3.05, 3.63) is 197 Å². The highest BCUT2D eigenvalue weighted by atomic mass is 79.9. The van der Waals surface area contributed by atoms with E-state index >= 15 is 0 Å². The molecule has 9 rings (SSSR count). The zero-order chi connectivity index (χ0) is 45.6. The van der Waals surface area contributed by atoms with Crippen molar-refractivity contribution in [1.82, 2.24) is 9.78 Å². The van der Waals surface area contributed by atoms with Crippen molar-refractivity contribution in [2.45, 2.75) is 47.3 Å². The Balaban J connectivity index is 0.000000179. The molecule has 328 valence electrons. The van der Waals surface area contributed by atoms with Gasteiger partial charge in [0.1, 0.15) is 9.79 Å². The van der Waals surface area contributed by atoms with E-state index in [1.165, 1.54) is 6.07 Å². The van der Waals surface area contributed by atoms with E-state index in [0.717, 1.165) is 27.8 Å². The number of carbonyl (C=O) groups is 2. The second-order valence-electron chi connectivity index (χ2n) is 15.5. The SMILES string of the molecule is Cn1cc(-c2ccc3c(c2)S(=O)(=O)N=C(C(=O)CCC(c2ccccc2)c2ccccc2)N3)cn1.O=C(CCC(c1ccccc1)c1ccccc1)C1=NS(=O)(=O)c2cc(Br)ccc2N1. The summed E-state index contributed by atoms with van der Waals surface area (Å²) in [4.78, 5) is 26.0. The number of anilines is 2. The van der Waals surface area contributed by atoms with E-state index in [1.807, 2.05) is 121 Å². The highest BCUT2D eigenvalue weighted by Gasteiger charge is 2.31. The van der Waals surface area contributed by atoms with Crippen LogP contribution in [0.15, 0.2) is 193 Å². The number of carbonyl (C=O) groups excluding carboxylic acids is 2. The lowest BCUT2D eigenvalue weighted by Gasteiger charge is -2.20. The molecule has 2 N–H and O–H groups in total. The number of hydrogen-bond acceptors (Lipinski definition) is 9. The molecule has 0 saturated heterocycles. The molecule has 0 aliphatic carbocycles. The molecule has 1 aromatic heterocycles. The fourth-order valence-electron chi connectivity index (χ4n) is 7.86. The van der Waals surface area contributed by atoms with Gasteiger partial charge in [0, 0.05) is 48.0 Å². The lowest BCUT2D eigenvalue weighted by Crippen LogP contribution is -2.29. The fourth-order valence-corrected chi connectivity index (χ4v) is 10.7. The lowest BCUT2D eigenvalue weighted by atomic mass is 9.87. The van der Waals surface area contributed by atoms with Crippen molar-refractivity contribution in [3.8, 4) is 11.1 Å². The number of ketones is 2. The maximum absolute atomic E-state index is 13.1. The van der Waals surface area contributed by atoms with E-state index in [1.54, 1.807) is 54.5 Å². The number of fused-ring (bicyclic) bond motifs is 2. The molecule has 7 aromatic rings. The number of nitrogens with one attached hydrogen (secondary N) is 2. The van der Waals surface area contributed by atoms with Crippen LogP contribution in [0.3, 0.4) is 0 Å². The minimum absolute atomic E-state index is 0.0106. The van der Waals surface area contributed by atoms with Crippen LogP contribution in [0.5, 0.6) is 0 Å².